The summed E-state index contributed by atoms with van der Waals surface area (Å²) in [6.45, 7) is 4.94. The Kier molecular flexibility index (Phi) is 9.95. The van der Waals surface area contributed by atoms with E-state index in [0.717, 1.165) is 32.1 Å². The molecular formula is C24H41NO7. The Hall–Kier alpha value is -1.67. The molecule has 2 saturated carbocycles. The molecule has 32 heavy (non-hydrogen) atoms. The molecule has 0 spiro atoms. The molecule has 2 fully saturated rings. The van der Waals surface area contributed by atoms with E-state index in [2.05, 4.69) is 5.32 Å². The van der Waals surface area contributed by atoms with Gasteiger partial charge in [-0.3, -0.25) is 14.4 Å². The van der Waals surface area contributed by atoms with Crippen LogP contribution < -0.4 is 5.32 Å². The first kappa shape index (κ1) is 26.6. The molecule has 0 aromatic carbocycles. The first-order valence-corrected chi connectivity index (χ1v) is 12.0. The lowest BCUT2D eigenvalue weighted by molar-refractivity contribution is -0.157. The van der Waals surface area contributed by atoms with E-state index >= 15 is 0 Å². The van der Waals surface area contributed by atoms with Crippen LogP contribution >= 0.6 is 0 Å². The Balaban J connectivity index is 2.18. The highest BCUT2D eigenvalue weighted by Crippen LogP contribution is 2.48. The normalized spacial score (nSPS) is 26.9. The van der Waals surface area contributed by atoms with Crippen LogP contribution in [-0.2, 0) is 23.9 Å². The second-order valence-electron chi connectivity index (χ2n) is 9.76. The van der Waals surface area contributed by atoms with Crippen molar-refractivity contribution in [3.63, 3.8) is 0 Å². The van der Waals surface area contributed by atoms with Crippen molar-refractivity contribution >= 4 is 17.8 Å². The Morgan fingerprint density at radius 1 is 1.06 bits per heavy atom. The van der Waals surface area contributed by atoms with Crippen molar-refractivity contribution in [1.29, 1.82) is 0 Å². The van der Waals surface area contributed by atoms with E-state index < -0.39 is 28.7 Å². The van der Waals surface area contributed by atoms with Gasteiger partial charge in [0.15, 0.2) is 0 Å². The average molecular weight is 456 g/mol. The highest BCUT2D eigenvalue weighted by atomic mass is 16.5. The van der Waals surface area contributed by atoms with Gasteiger partial charge >= 0.3 is 11.9 Å². The van der Waals surface area contributed by atoms with Gasteiger partial charge in [0.2, 0.25) is 5.91 Å². The standard InChI is InChI=1S/C24H41NO7/c1-4-17(2)24(22(29)30)11-7-8-19(15-24)25-21(28)23(9-5-6-10-23)18(14-20(26)27)16-32-13-12-31-3/h17-19H,4-16H2,1-3H3,(H,25,28)(H,26,27)(H,29,30). The first-order chi connectivity index (χ1) is 15.2. The number of carboxylic acid groups (broad SMARTS) is 2. The van der Waals surface area contributed by atoms with Crippen LogP contribution in [0.5, 0.6) is 0 Å². The van der Waals surface area contributed by atoms with Gasteiger partial charge in [-0.05, 0) is 38.0 Å². The molecule has 4 unspecified atom stereocenters. The minimum absolute atomic E-state index is 0.0223. The predicted octanol–water partition coefficient (Wildman–Crippen LogP) is 3.48. The van der Waals surface area contributed by atoms with E-state index in [1.54, 1.807) is 7.11 Å². The molecule has 0 radical (unpaired) electrons. The Bertz CT molecular complexity index is 646. The van der Waals surface area contributed by atoms with E-state index in [-0.39, 0.29) is 30.9 Å². The number of carboxylic acids is 2. The maximum absolute atomic E-state index is 13.6. The monoisotopic (exact) mass is 455 g/mol. The van der Waals surface area contributed by atoms with Crippen LogP contribution in [0.15, 0.2) is 0 Å². The topological polar surface area (TPSA) is 122 Å². The molecule has 0 heterocycles. The number of carbonyl (C=O) groups excluding carboxylic acids is 1. The SMILES string of the molecule is CCC(C)C1(C(=O)O)CCCC(NC(=O)C2(C(COCCOC)CC(=O)O)CCCC2)C1. The number of ether oxygens (including phenoxy) is 2. The van der Waals surface area contributed by atoms with Gasteiger partial charge in [-0.25, -0.2) is 0 Å². The number of rotatable bonds is 13. The molecule has 1 amide bonds. The summed E-state index contributed by atoms with van der Waals surface area (Å²) in [5, 5.41) is 22.7. The van der Waals surface area contributed by atoms with Gasteiger partial charge in [-0.1, -0.05) is 39.5 Å². The van der Waals surface area contributed by atoms with Crippen molar-refractivity contribution < 1.29 is 34.1 Å². The van der Waals surface area contributed by atoms with Crippen LogP contribution in [0.1, 0.15) is 78.1 Å². The summed E-state index contributed by atoms with van der Waals surface area (Å²) in [4.78, 5) is 37.5. The molecule has 2 aliphatic carbocycles. The fraction of sp³-hybridized carbons (Fsp3) is 0.875. The van der Waals surface area contributed by atoms with E-state index in [1.807, 2.05) is 13.8 Å². The smallest absolute Gasteiger partial charge is 0.309 e. The molecule has 2 rings (SSSR count). The summed E-state index contributed by atoms with van der Waals surface area (Å²) >= 11 is 0. The van der Waals surface area contributed by atoms with Crippen molar-refractivity contribution in [2.24, 2.45) is 22.7 Å². The molecule has 0 aliphatic heterocycles. The van der Waals surface area contributed by atoms with Crippen LogP contribution in [0.2, 0.25) is 0 Å². The van der Waals surface area contributed by atoms with E-state index in [0.29, 0.717) is 38.9 Å². The number of hydrogen-bond donors (Lipinski definition) is 3. The third-order valence-electron chi connectivity index (χ3n) is 8.00. The summed E-state index contributed by atoms with van der Waals surface area (Å²) in [7, 11) is 1.57. The molecule has 8 nitrogen and oxygen atoms in total. The van der Waals surface area contributed by atoms with Crippen LogP contribution in [-0.4, -0.2) is 61.0 Å². The van der Waals surface area contributed by atoms with Gasteiger partial charge in [0.05, 0.1) is 37.1 Å². The summed E-state index contributed by atoms with van der Waals surface area (Å²) in [5.41, 5.74) is -1.61. The second-order valence-corrected chi connectivity index (χ2v) is 9.76. The molecule has 0 bridgehead atoms. The molecule has 0 aromatic rings. The third kappa shape index (κ3) is 6.01. The highest BCUT2D eigenvalue weighted by molar-refractivity contribution is 5.84. The first-order valence-electron chi connectivity index (χ1n) is 12.0. The molecule has 2 aliphatic rings. The summed E-state index contributed by atoms with van der Waals surface area (Å²) in [6.07, 6.45) is 6.22. The minimum Gasteiger partial charge on any atom is -0.481 e. The van der Waals surface area contributed by atoms with Crippen molar-refractivity contribution in [2.45, 2.75) is 84.1 Å². The second kappa shape index (κ2) is 12.0. The fourth-order valence-electron chi connectivity index (χ4n) is 5.82. The van der Waals surface area contributed by atoms with Gasteiger partial charge < -0.3 is 25.0 Å². The van der Waals surface area contributed by atoms with Gasteiger partial charge in [0.1, 0.15) is 0 Å². The van der Waals surface area contributed by atoms with Crippen molar-refractivity contribution in [2.75, 3.05) is 26.9 Å². The average Bonchev–Trinajstić information content (AvgIpc) is 3.26. The number of methoxy groups -OCH3 is 1. The van der Waals surface area contributed by atoms with Crippen molar-refractivity contribution in [3.8, 4) is 0 Å². The largest absolute Gasteiger partial charge is 0.481 e. The quantitative estimate of drug-likeness (QED) is 0.363. The third-order valence-corrected chi connectivity index (χ3v) is 8.00. The van der Waals surface area contributed by atoms with Crippen LogP contribution in [0.3, 0.4) is 0 Å². The number of nitrogens with one attached hydrogen (secondary N) is 1. The van der Waals surface area contributed by atoms with Gasteiger partial charge in [-0.15, -0.1) is 0 Å². The zero-order chi connectivity index (χ0) is 23.8. The van der Waals surface area contributed by atoms with Crippen molar-refractivity contribution in [1.82, 2.24) is 5.32 Å². The zero-order valence-corrected chi connectivity index (χ0v) is 19.9. The van der Waals surface area contributed by atoms with Crippen LogP contribution in [0.25, 0.3) is 0 Å². The molecule has 0 saturated heterocycles. The Morgan fingerprint density at radius 3 is 2.28 bits per heavy atom. The van der Waals surface area contributed by atoms with Crippen LogP contribution in [0, 0.1) is 22.7 Å². The van der Waals surface area contributed by atoms with Gasteiger partial charge in [0.25, 0.3) is 0 Å². The van der Waals surface area contributed by atoms with E-state index in [4.69, 9.17) is 9.47 Å². The Labute approximate surface area is 191 Å². The lowest BCUT2D eigenvalue weighted by atomic mass is 9.64. The fourth-order valence-corrected chi connectivity index (χ4v) is 5.82. The van der Waals surface area contributed by atoms with Gasteiger partial charge in [0, 0.05) is 19.1 Å². The lowest BCUT2D eigenvalue weighted by Crippen LogP contribution is -2.53. The number of amides is 1. The lowest BCUT2D eigenvalue weighted by Gasteiger charge is -2.43. The number of aliphatic carboxylic acids is 2. The van der Waals surface area contributed by atoms with Gasteiger partial charge in [-0.2, -0.15) is 0 Å². The maximum Gasteiger partial charge on any atom is 0.309 e. The molecule has 3 N–H and O–H groups in total. The zero-order valence-electron chi connectivity index (χ0n) is 19.9. The summed E-state index contributed by atoms with van der Waals surface area (Å²) in [6, 6.07) is -0.210. The van der Waals surface area contributed by atoms with Crippen LogP contribution in [0.4, 0.5) is 0 Å². The van der Waals surface area contributed by atoms with E-state index in [9.17, 15) is 24.6 Å². The molecule has 8 heteroatoms. The molecular weight excluding hydrogens is 414 g/mol. The molecule has 184 valence electrons. The Morgan fingerprint density at radius 2 is 1.72 bits per heavy atom. The molecule has 0 aromatic heterocycles. The van der Waals surface area contributed by atoms with E-state index in [1.165, 1.54) is 0 Å². The highest BCUT2D eigenvalue weighted by Gasteiger charge is 2.51. The summed E-state index contributed by atoms with van der Waals surface area (Å²) in [5.74, 6) is -2.26. The predicted molar refractivity (Wildman–Crippen MR) is 119 cm³/mol. The molecule has 4 atom stereocenters. The maximum atomic E-state index is 13.6. The summed E-state index contributed by atoms with van der Waals surface area (Å²) < 4.78 is 10.7. The van der Waals surface area contributed by atoms with Crippen molar-refractivity contribution in [3.05, 3.63) is 0 Å². The minimum atomic E-state index is -0.941. The number of carbonyl (C=O) groups is 3. The number of hydrogen-bond acceptors (Lipinski definition) is 5.